The van der Waals surface area contributed by atoms with E-state index in [1.807, 2.05) is 20.8 Å². The summed E-state index contributed by atoms with van der Waals surface area (Å²) in [7, 11) is 0. The van der Waals surface area contributed by atoms with E-state index in [0.717, 1.165) is 31.7 Å². The minimum absolute atomic E-state index is 0.234. The standard InChI is InChI=1S/C18H26N2O3/c1-18(2,3)23-17(21)20-9-7-13-5-4-6-16(15(13)11-20)19-14-8-10-22-12-14/h4-6,14,19H,7-12H2,1-3H3/t14-/m1/s1. The zero-order valence-electron chi connectivity index (χ0n) is 14.2. The molecule has 1 fully saturated rings. The molecule has 1 aromatic rings. The Morgan fingerprint density at radius 2 is 2.22 bits per heavy atom. The third-order valence-corrected chi connectivity index (χ3v) is 4.21. The van der Waals surface area contributed by atoms with Crippen LogP contribution in [0, 0.1) is 0 Å². The lowest BCUT2D eigenvalue weighted by atomic mass is 9.97. The molecule has 0 aliphatic carbocycles. The Bertz CT molecular complexity index is 574. The highest BCUT2D eigenvalue weighted by molar-refractivity contribution is 5.70. The first-order valence-corrected chi connectivity index (χ1v) is 8.35. The van der Waals surface area contributed by atoms with Crippen LogP contribution >= 0.6 is 0 Å². The van der Waals surface area contributed by atoms with E-state index in [1.54, 1.807) is 4.90 Å². The minimum Gasteiger partial charge on any atom is -0.444 e. The molecule has 2 aliphatic heterocycles. The van der Waals surface area contributed by atoms with Crippen molar-refractivity contribution in [2.75, 3.05) is 25.1 Å². The molecular weight excluding hydrogens is 292 g/mol. The molecule has 0 radical (unpaired) electrons. The van der Waals surface area contributed by atoms with Crippen molar-refractivity contribution >= 4 is 11.8 Å². The van der Waals surface area contributed by atoms with E-state index in [-0.39, 0.29) is 6.09 Å². The van der Waals surface area contributed by atoms with Gasteiger partial charge in [0.15, 0.2) is 0 Å². The third kappa shape index (κ3) is 3.96. The molecule has 2 heterocycles. The zero-order chi connectivity index (χ0) is 16.4. The van der Waals surface area contributed by atoms with Gasteiger partial charge < -0.3 is 19.7 Å². The maximum Gasteiger partial charge on any atom is 0.410 e. The molecule has 0 aromatic heterocycles. The summed E-state index contributed by atoms with van der Waals surface area (Å²) in [6.45, 7) is 8.57. The molecule has 1 amide bonds. The zero-order valence-corrected chi connectivity index (χ0v) is 14.2. The summed E-state index contributed by atoms with van der Waals surface area (Å²) in [5.74, 6) is 0. The van der Waals surface area contributed by atoms with Crippen LogP contribution in [0.3, 0.4) is 0 Å². The number of ether oxygens (including phenoxy) is 2. The van der Waals surface area contributed by atoms with Crippen molar-refractivity contribution in [1.82, 2.24) is 4.90 Å². The Morgan fingerprint density at radius 3 is 2.91 bits per heavy atom. The van der Waals surface area contributed by atoms with Gasteiger partial charge >= 0.3 is 6.09 Å². The first-order valence-electron chi connectivity index (χ1n) is 8.35. The number of anilines is 1. The molecule has 0 saturated carbocycles. The Hall–Kier alpha value is -1.75. The fourth-order valence-corrected chi connectivity index (χ4v) is 3.07. The quantitative estimate of drug-likeness (QED) is 0.910. The molecule has 23 heavy (non-hydrogen) atoms. The van der Waals surface area contributed by atoms with Crippen LogP contribution in [0.2, 0.25) is 0 Å². The first-order chi connectivity index (χ1) is 10.9. The van der Waals surface area contributed by atoms with Gasteiger partial charge in [0.2, 0.25) is 0 Å². The second-order valence-electron chi connectivity index (χ2n) is 7.30. The van der Waals surface area contributed by atoms with Crippen molar-refractivity contribution in [3.8, 4) is 0 Å². The van der Waals surface area contributed by atoms with E-state index in [9.17, 15) is 4.79 Å². The van der Waals surface area contributed by atoms with Crippen LogP contribution in [0.5, 0.6) is 0 Å². The van der Waals surface area contributed by atoms with Crippen molar-refractivity contribution in [3.05, 3.63) is 29.3 Å². The number of rotatable bonds is 2. The number of amides is 1. The molecule has 126 valence electrons. The largest absolute Gasteiger partial charge is 0.444 e. The highest BCUT2D eigenvalue weighted by Crippen LogP contribution is 2.28. The summed E-state index contributed by atoms with van der Waals surface area (Å²) in [5.41, 5.74) is 3.17. The van der Waals surface area contributed by atoms with Crippen LogP contribution in [0.4, 0.5) is 10.5 Å². The second kappa shape index (κ2) is 6.40. The maximum atomic E-state index is 12.3. The topological polar surface area (TPSA) is 50.8 Å². The molecule has 5 heteroatoms. The molecule has 3 rings (SSSR count). The number of benzene rings is 1. The summed E-state index contributed by atoms with van der Waals surface area (Å²) in [5, 5.41) is 3.57. The molecular formula is C18H26N2O3. The van der Waals surface area contributed by atoms with E-state index in [0.29, 0.717) is 19.1 Å². The van der Waals surface area contributed by atoms with Gasteiger partial charge in [-0.05, 0) is 50.8 Å². The lowest BCUT2D eigenvalue weighted by Crippen LogP contribution is -2.40. The van der Waals surface area contributed by atoms with Gasteiger partial charge in [0.1, 0.15) is 5.60 Å². The number of hydrogen-bond acceptors (Lipinski definition) is 4. The Balaban J connectivity index is 1.74. The molecule has 0 bridgehead atoms. The number of carbonyl (C=O) groups is 1. The number of nitrogens with one attached hydrogen (secondary N) is 1. The van der Waals surface area contributed by atoms with Crippen molar-refractivity contribution in [2.45, 2.75) is 51.8 Å². The van der Waals surface area contributed by atoms with Gasteiger partial charge in [-0.2, -0.15) is 0 Å². The number of hydrogen-bond donors (Lipinski definition) is 1. The lowest BCUT2D eigenvalue weighted by Gasteiger charge is -2.32. The number of nitrogens with zero attached hydrogens (tertiary/aromatic N) is 1. The average Bonchev–Trinajstić information content (AvgIpc) is 2.98. The van der Waals surface area contributed by atoms with Gasteiger partial charge in [-0.15, -0.1) is 0 Å². The minimum atomic E-state index is -0.462. The van der Waals surface area contributed by atoms with Gasteiger partial charge in [0.25, 0.3) is 0 Å². The number of carbonyl (C=O) groups excluding carboxylic acids is 1. The van der Waals surface area contributed by atoms with Gasteiger partial charge in [0.05, 0.1) is 19.2 Å². The Morgan fingerprint density at radius 1 is 1.39 bits per heavy atom. The Kier molecular flexibility index (Phi) is 4.48. The molecule has 1 saturated heterocycles. The van der Waals surface area contributed by atoms with E-state index >= 15 is 0 Å². The highest BCUT2D eigenvalue weighted by Gasteiger charge is 2.27. The summed E-state index contributed by atoms with van der Waals surface area (Å²) in [4.78, 5) is 14.1. The number of fused-ring (bicyclic) bond motifs is 1. The predicted molar refractivity (Wildman–Crippen MR) is 89.6 cm³/mol. The monoisotopic (exact) mass is 318 g/mol. The average molecular weight is 318 g/mol. The van der Waals surface area contributed by atoms with Crippen LogP contribution < -0.4 is 5.32 Å². The maximum absolute atomic E-state index is 12.3. The third-order valence-electron chi connectivity index (χ3n) is 4.21. The fraction of sp³-hybridized carbons (Fsp3) is 0.611. The summed E-state index contributed by atoms with van der Waals surface area (Å²) < 4.78 is 11.0. The van der Waals surface area contributed by atoms with Gasteiger partial charge in [0, 0.05) is 18.8 Å². The Labute approximate surface area is 137 Å². The van der Waals surface area contributed by atoms with Crippen LogP contribution in [0.25, 0.3) is 0 Å². The molecule has 0 spiro atoms. The predicted octanol–water partition coefficient (Wildman–Crippen LogP) is 3.18. The van der Waals surface area contributed by atoms with Crippen molar-refractivity contribution in [2.24, 2.45) is 0 Å². The van der Waals surface area contributed by atoms with Crippen LogP contribution in [-0.4, -0.2) is 42.4 Å². The lowest BCUT2D eigenvalue weighted by molar-refractivity contribution is 0.0224. The SMILES string of the molecule is CC(C)(C)OC(=O)N1CCc2cccc(N[C@@H]3CCOC3)c2C1. The highest BCUT2D eigenvalue weighted by atomic mass is 16.6. The van der Waals surface area contributed by atoms with E-state index in [2.05, 4.69) is 23.5 Å². The molecule has 2 aliphatic rings. The van der Waals surface area contributed by atoms with Crippen LogP contribution in [0.15, 0.2) is 18.2 Å². The van der Waals surface area contributed by atoms with Gasteiger partial charge in [-0.25, -0.2) is 4.79 Å². The fourth-order valence-electron chi connectivity index (χ4n) is 3.07. The normalized spacial score (nSPS) is 21.0. The first kappa shape index (κ1) is 16.1. The van der Waals surface area contributed by atoms with Crippen molar-refractivity contribution < 1.29 is 14.3 Å². The van der Waals surface area contributed by atoms with Crippen molar-refractivity contribution in [3.63, 3.8) is 0 Å². The van der Waals surface area contributed by atoms with Crippen molar-refractivity contribution in [1.29, 1.82) is 0 Å². The van der Waals surface area contributed by atoms with Crippen LogP contribution in [0.1, 0.15) is 38.3 Å². The summed E-state index contributed by atoms with van der Waals surface area (Å²) in [6.07, 6.45) is 1.66. The summed E-state index contributed by atoms with van der Waals surface area (Å²) in [6, 6.07) is 6.69. The van der Waals surface area contributed by atoms with E-state index in [1.165, 1.54) is 11.1 Å². The van der Waals surface area contributed by atoms with E-state index < -0.39 is 5.60 Å². The second-order valence-corrected chi connectivity index (χ2v) is 7.30. The molecule has 1 atom stereocenters. The van der Waals surface area contributed by atoms with E-state index in [4.69, 9.17) is 9.47 Å². The van der Waals surface area contributed by atoms with Gasteiger partial charge in [-0.3, -0.25) is 0 Å². The smallest absolute Gasteiger partial charge is 0.410 e. The molecule has 0 unspecified atom stereocenters. The van der Waals surface area contributed by atoms with Gasteiger partial charge in [-0.1, -0.05) is 12.1 Å². The van der Waals surface area contributed by atoms with Crippen LogP contribution in [-0.2, 0) is 22.4 Å². The molecule has 1 N–H and O–H groups in total. The summed E-state index contributed by atoms with van der Waals surface area (Å²) >= 11 is 0. The molecule has 5 nitrogen and oxygen atoms in total. The molecule has 1 aromatic carbocycles.